The minimum atomic E-state index is -4.17. The highest BCUT2D eigenvalue weighted by molar-refractivity contribution is 7.90. The van der Waals surface area contributed by atoms with E-state index in [0.717, 1.165) is 12.8 Å². The van der Waals surface area contributed by atoms with Crippen molar-refractivity contribution in [2.24, 2.45) is 4.40 Å². The number of hydrogen-bond donors (Lipinski definition) is 1. The fourth-order valence-electron chi connectivity index (χ4n) is 4.09. The number of carbonyl (C=O) groups excluding carboxylic acids is 2. The molecule has 198 valence electrons. The van der Waals surface area contributed by atoms with Gasteiger partial charge in [-0.2, -0.15) is 8.42 Å². The van der Waals surface area contributed by atoms with Crippen molar-refractivity contribution in [3.63, 3.8) is 0 Å². The Labute approximate surface area is 227 Å². The number of anilines is 1. The van der Waals surface area contributed by atoms with E-state index < -0.39 is 10.0 Å². The van der Waals surface area contributed by atoms with Crippen LogP contribution in [0.1, 0.15) is 28.8 Å². The lowest BCUT2D eigenvalue weighted by atomic mass is 10.0. The zero-order chi connectivity index (χ0) is 27.3. The third kappa shape index (κ3) is 6.56. The molecule has 4 rings (SSSR count). The highest BCUT2D eigenvalue weighted by Gasteiger charge is 2.23. The van der Waals surface area contributed by atoms with Crippen molar-refractivity contribution < 1.29 is 18.0 Å². The lowest BCUT2D eigenvalue weighted by Gasteiger charge is -2.16. The van der Waals surface area contributed by atoms with Crippen LogP contribution >= 0.6 is 11.6 Å². The molecule has 1 aliphatic rings. The summed E-state index contributed by atoms with van der Waals surface area (Å²) in [5, 5.41) is 3.21. The Bertz CT molecular complexity index is 1480. The molecule has 2 amide bonds. The van der Waals surface area contributed by atoms with Crippen LogP contribution in [-0.4, -0.2) is 68.5 Å². The van der Waals surface area contributed by atoms with Crippen LogP contribution < -0.4 is 5.32 Å². The standard InChI is InChI=1S/C27H28ClN5O4S/c1-32(2)18-30-38(36,37)25-15-22(31-26(34)14-19-7-3-4-8-24(19)28)9-10-23(25)20-13-21(17-29-16-20)27(35)33-11-5-6-12-33/h3-4,7-10,13,15-18H,5-6,11-12,14H2,1-2H3,(H,31,34). The Morgan fingerprint density at radius 1 is 1.11 bits per heavy atom. The lowest BCUT2D eigenvalue weighted by molar-refractivity contribution is -0.115. The number of likely N-dealkylation sites (tertiary alicyclic amines) is 1. The van der Waals surface area contributed by atoms with Crippen molar-refractivity contribution in [2.75, 3.05) is 32.5 Å². The molecule has 1 fully saturated rings. The second-order valence-electron chi connectivity index (χ2n) is 9.15. The summed E-state index contributed by atoms with van der Waals surface area (Å²) in [6.45, 7) is 1.37. The van der Waals surface area contributed by atoms with Crippen molar-refractivity contribution >= 4 is 45.5 Å². The van der Waals surface area contributed by atoms with Gasteiger partial charge in [-0.25, -0.2) is 0 Å². The molecular weight excluding hydrogens is 526 g/mol. The Hall–Kier alpha value is -3.76. The molecule has 2 aromatic carbocycles. The van der Waals surface area contributed by atoms with Gasteiger partial charge in [-0.05, 0) is 42.7 Å². The van der Waals surface area contributed by atoms with E-state index in [0.29, 0.717) is 40.4 Å². The molecule has 2 heterocycles. The summed E-state index contributed by atoms with van der Waals surface area (Å²) in [6.07, 6.45) is 6.09. The summed E-state index contributed by atoms with van der Waals surface area (Å²) in [7, 11) is -0.864. The van der Waals surface area contributed by atoms with Gasteiger partial charge in [0, 0.05) is 61.4 Å². The molecular formula is C27H28ClN5O4S. The van der Waals surface area contributed by atoms with Crippen molar-refractivity contribution in [2.45, 2.75) is 24.2 Å². The predicted octanol–water partition coefficient (Wildman–Crippen LogP) is 4.10. The quantitative estimate of drug-likeness (QED) is 0.332. The molecule has 0 atom stereocenters. The number of rotatable bonds is 8. The first-order valence-corrected chi connectivity index (χ1v) is 13.8. The molecule has 0 bridgehead atoms. The average molecular weight is 554 g/mol. The third-order valence-corrected chi connectivity index (χ3v) is 7.59. The second kappa shape index (κ2) is 11.7. The summed E-state index contributed by atoms with van der Waals surface area (Å²) >= 11 is 6.17. The largest absolute Gasteiger partial charge is 0.368 e. The summed E-state index contributed by atoms with van der Waals surface area (Å²) in [6, 6.07) is 13.2. The van der Waals surface area contributed by atoms with E-state index in [1.54, 1.807) is 61.5 Å². The van der Waals surface area contributed by atoms with E-state index >= 15 is 0 Å². The van der Waals surface area contributed by atoms with Crippen LogP contribution in [0.15, 0.2) is 70.2 Å². The van der Waals surface area contributed by atoms with Crippen molar-refractivity contribution in [1.29, 1.82) is 0 Å². The average Bonchev–Trinajstić information content (AvgIpc) is 3.44. The van der Waals surface area contributed by atoms with E-state index in [1.165, 1.54) is 29.7 Å². The van der Waals surface area contributed by atoms with Gasteiger partial charge in [0.2, 0.25) is 5.91 Å². The zero-order valence-corrected chi connectivity index (χ0v) is 22.7. The summed E-state index contributed by atoms with van der Waals surface area (Å²) in [5.74, 6) is -0.499. The number of benzene rings is 2. The molecule has 3 aromatic rings. The highest BCUT2D eigenvalue weighted by atomic mass is 35.5. The Kier molecular flexibility index (Phi) is 8.43. The number of nitrogens with zero attached hydrogens (tertiary/aromatic N) is 4. The van der Waals surface area contributed by atoms with Crippen molar-refractivity contribution in [3.05, 3.63) is 77.1 Å². The number of aromatic nitrogens is 1. The Morgan fingerprint density at radius 3 is 2.55 bits per heavy atom. The lowest BCUT2D eigenvalue weighted by Crippen LogP contribution is -2.27. The van der Waals surface area contributed by atoms with Crippen LogP contribution in [0.5, 0.6) is 0 Å². The number of hydrogen-bond acceptors (Lipinski definition) is 5. The van der Waals surface area contributed by atoms with E-state index in [2.05, 4.69) is 14.7 Å². The van der Waals surface area contributed by atoms with E-state index in [4.69, 9.17) is 11.6 Å². The number of carbonyl (C=O) groups is 2. The van der Waals surface area contributed by atoms with Crippen LogP contribution in [0, 0.1) is 0 Å². The fraction of sp³-hybridized carbons (Fsp3) is 0.259. The van der Waals surface area contributed by atoms with Crippen LogP contribution in [0.4, 0.5) is 5.69 Å². The van der Waals surface area contributed by atoms with Crippen LogP contribution in [0.2, 0.25) is 5.02 Å². The van der Waals surface area contributed by atoms with Gasteiger partial charge in [0.05, 0.1) is 16.9 Å². The summed E-state index contributed by atoms with van der Waals surface area (Å²) in [5.41, 5.74) is 2.07. The van der Waals surface area contributed by atoms with Gasteiger partial charge in [0.1, 0.15) is 6.34 Å². The van der Waals surface area contributed by atoms with E-state index in [9.17, 15) is 18.0 Å². The van der Waals surface area contributed by atoms with Gasteiger partial charge >= 0.3 is 0 Å². The molecule has 0 aliphatic carbocycles. The molecule has 0 saturated carbocycles. The highest BCUT2D eigenvalue weighted by Crippen LogP contribution is 2.32. The molecule has 38 heavy (non-hydrogen) atoms. The van der Waals surface area contributed by atoms with E-state index in [-0.39, 0.29) is 28.8 Å². The fourth-order valence-corrected chi connectivity index (χ4v) is 5.46. The molecule has 1 aliphatic heterocycles. The number of halogens is 1. The van der Waals surface area contributed by atoms with Crippen LogP contribution in [-0.2, 0) is 21.2 Å². The van der Waals surface area contributed by atoms with Crippen molar-refractivity contribution in [1.82, 2.24) is 14.8 Å². The SMILES string of the molecule is CN(C)C=NS(=O)(=O)c1cc(NC(=O)Cc2ccccc2Cl)ccc1-c1cncc(C(=O)N2CCCC2)c1. The number of amides is 2. The van der Waals surface area contributed by atoms with Crippen LogP contribution in [0.25, 0.3) is 11.1 Å². The first-order chi connectivity index (χ1) is 18.1. The van der Waals surface area contributed by atoms with Crippen molar-refractivity contribution in [3.8, 4) is 11.1 Å². The topological polar surface area (TPSA) is 112 Å². The molecule has 1 saturated heterocycles. The first-order valence-electron chi connectivity index (χ1n) is 12.0. The van der Waals surface area contributed by atoms with Gasteiger partial charge < -0.3 is 15.1 Å². The molecule has 0 radical (unpaired) electrons. The van der Waals surface area contributed by atoms with Gasteiger partial charge in [0.25, 0.3) is 15.9 Å². The normalized spacial score (nSPS) is 13.6. The molecule has 9 nitrogen and oxygen atoms in total. The number of pyridine rings is 1. The minimum Gasteiger partial charge on any atom is -0.368 e. The first kappa shape index (κ1) is 27.3. The van der Waals surface area contributed by atoms with E-state index in [1.807, 2.05) is 0 Å². The third-order valence-electron chi connectivity index (χ3n) is 5.96. The summed E-state index contributed by atoms with van der Waals surface area (Å²) < 4.78 is 30.3. The molecule has 0 spiro atoms. The minimum absolute atomic E-state index is 0.0207. The molecule has 1 aromatic heterocycles. The molecule has 0 unspecified atom stereocenters. The second-order valence-corrected chi connectivity index (χ2v) is 11.2. The van der Waals surface area contributed by atoms with Crippen LogP contribution in [0.3, 0.4) is 0 Å². The predicted molar refractivity (Wildman–Crippen MR) is 148 cm³/mol. The molecule has 11 heteroatoms. The van der Waals surface area contributed by atoms with Gasteiger partial charge in [0.15, 0.2) is 0 Å². The maximum Gasteiger partial charge on any atom is 0.284 e. The van der Waals surface area contributed by atoms with Gasteiger partial charge in [-0.3, -0.25) is 14.6 Å². The molecule has 1 N–H and O–H groups in total. The van der Waals surface area contributed by atoms with Gasteiger partial charge in [-0.1, -0.05) is 35.9 Å². The smallest absolute Gasteiger partial charge is 0.284 e. The number of nitrogens with one attached hydrogen (secondary N) is 1. The maximum absolute atomic E-state index is 13.3. The summed E-state index contributed by atoms with van der Waals surface area (Å²) in [4.78, 5) is 33.0. The number of sulfonamides is 1. The van der Waals surface area contributed by atoms with Gasteiger partial charge in [-0.15, -0.1) is 4.40 Å². The maximum atomic E-state index is 13.3. The Morgan fingerprint density at radius 2 is 1.84 bits per heavy atom. The monoisotopic (exact) mass is 553 g/mol. The zero-order valence-electron chi connectivity index (χ0n) is 21.1. The Balaban J connectivity index is 1.70.